The van der Waals surface area contributed by atoms with Crippen molar-refractivity contribution in [3.63, 3.8) is 0 Å². The predicted molar refractivity (Wildman–Crippen MR) is 63.5 cm³/mol. The number of nitro groups is 1. The Bertz CT molecular complexity index is 456. The molecule has 1 saturated carbocycles. The highest BCUT2D eigenvalue weighted by molar-refractivity contribution is 5.57. The summed E-state index contributed by atoms with van der Waals surface area (Å²) >= 11 is 0. The van der Waals surface area contributed by atoms with Gasteiger partial charge in [0.15, 0.2) is 0 Å². The van der Waals surface area contributed by atoms with Crippen LogP contribution in [0.25, 0.3) is 0 Å². The number of hydrogen-bond donors (Lipinski definition) is 2. The van der Waals surface area contributed by atoms with Gasteiger partial charge in [-0.3, -0.25) is 10.1 Å². The van der Waals surface area contributed by atoms with Gasteiger partial charge in [0.05, 0.1) is 4.92 Å². The molecule has 92 valence electrons. The Balaban J connectivity index is 2.30. The summed E-state index contributed by atoms with van der Waals surface area (Å²) < 4.78 is 0. The number of nitrogens with one attached hydrogen (secondary N) is 1. The molecule has 0 amide bonds. The van der Waals surface area contributed by atoms with Crippen LogP contribution < -0.4 is 11.1 Å². The summed E-state index contributed by atoms with van der Waals surface area (Å²) in [7, 11) is 0. The SMILES string of the molecule is CC(C)(Nc1nc(N)ncc1[N+](=O)[O-])C1CC1. The Labute approximate surface area is 98.6 Å². The fourth-order valence-corrected chi connectivity index (χ4v) is 1.83. The van der Waals surface area contributed by atoms with Crippen molar-refractivity contribution in [3.05, 3.63) is 16.3 Å². The van der Waals surface area contributed by atoms with Crippen LogP contribution in [0.4, 0.5) is 17.5 Å². The topological polar surface area (TPSA) is 107 Å². The van der Waals surface area contributed by atoms with Gasteiger partial charge in [-0.25, -0.2) is 4.98 Å². The molecule has 0 aliphatic heterocycles. The lowest BCUT2D eigenvalue weighted by atomic mass is 9.99. The fourth-order valence-electron chi connectivity index (χ4n) is 1.83. The first-order valence-corrected chi connectivity index (χ1v) is 5.45. The average molecular weight is 237 g/mol. The molecule has 0 aromatic carbocycles. The molecule has 1 fully saturated rings. The molecule has 0 atom stereocenters. The highest BCUT2D eigenvalue weighted by Gasteiger charge is 2.39. The van der Waals surface area contributed by atoms with E-state index < -0.39 is 4.92 Å². The van der Waals surface area contributed by atoms with E-state index in [4.69, 9.17) is 5.73 Å². The van der Waals surface area contributed by atoms with Crippen LogP contribution >= 0.6 is 0 Å². The Morgan fingerprint density at radius 1 is 1.59 bits per heavy atom. The largest absolute Gasteiger partial charge is 0.368 e. The molecule has 1 heterocycles. The number of hydrogen-bond acceptors (Lipinski definition) is 6. The number of rotatable bonds is 4. The van der Waals surface area contributed by atoms with Gasteiger partial charge in [-0.05, 0) is 32.6 Å². The third-order valence-corrected chi connectivity index (χ3v) is 3.02. The highest BCUT2D eigenvalue weighted by Crippen LogP contribution is 2.41. The third kappa shape index (κ3) is 2.43. The molecule has 0 bridgehead atoms. The summed E-state index contributed by atoms with van der Waals surface area (Å²) in [4.78, 5) is 17.9. The van der Waals surface area contributed by atoms with E-state index in [1.54, 1.807) is 0 Å². The van der Waals surface area contributed by atoms with Gasteiger partial charge < -0.3 is 11.1 Å². The van der Waals surface area contributed by atoms with E-state index in [0.717, 1.165) is 19.0 Å². The molecule has 2 rings (SSSR count). The van der Waals surface area contributed by atoms with Crippen molar-refractivity contribution in [2.45, 2.75) is 32.2 Å². The first-order valence-electron chi connectivity index (χ1n) is 5.45. The molecule has 0 spiro atoms. The maximum absolute atomic E-state index is 10.8. The predicted octanol–water partition coefficient (Wildman–Crippen LogP) is 1.57. The van der Waals surface area contributed by atoms with Gasteiger partial charge in [-0.2, -0.15) is 4.98 Å². The van der Waals surface area contributed by atoms with Crippen LogP contribution in [0.2, 0.25) is 0 Å². The van der Waals surface area contributed by atoms with E-state index in [1.807, 2.05) is 13.8 Å². The molecule has 7 nitrogen and oxygen atoms in total. The summed E-state index contributed by atoms with van der Waals surface area (Å²) in [5, 5.41) is 13.9. The number of nitrogens with two attached hydrogens (primary N) is 1. The lowest BCUT2D eigenvalue weighted by molar-refractivity contribution is -0.384. The van der Waals surface area contributed by atoms with Crippen molar-refractivity contribution in [1.29, 1.82) is 0 Å². The first-order chi connectivity index (χ1) is 7.90. The summed E-state index contributed by atoms with van der Waals surface area (Å²) in [5.41, 5.74) is 5.09. The number of aromatic nitrogens is 2. The van der Waals surface area contributed by atoms with Crippen LogP contribution in [-0.4, -0.2) is 20.4 Å². The second kappa shape index (κ2) is 3.83. The minimum absolute atomic E-state index is 0.0321. The summed E-state index contributed by atoms with van der Waals surface area (Å²) in [6.07, 6.45) is 3.40. The zero-order valence-electron chi connectivity index (χ0n) is 9.80. The third-order valence-electron chi connectivity index (χ3n) is 3.02. The second-order valence-electron chi connectivity index (χ2n) is 4.84. The van der Waals surface area contributed by atoms with Crippen LogP contribution in [0.5, 0.6) is 0 Å². The first kappa shape index (κ1) is 11.6. The minimum atomic E-state index is -0.509. The lowest BCUT2D eigenvalue weighted by Gasteiger charge is -2.26. The molecule has 1 aromatic rings. The molecule has 1 aromatic heterocycles. The zero-order chi connectivity index (χ0) is 12.6. The smallest absolute Gasteiger partial charge is 0.329 e. The molecule has 3 N–H and O–H groups in total. The van der Waals surface area contributed by atoms with Crippen LogP contribution in [0, 0.1) is 16.0 Å². The average Bonchev–Trinajstić information content (AvgIpc) is 2.99. The summed E-state index contributed by atoms with van der Waals surface area (Å²) in [6, 6.07) is 0. The molecule has 1 aliphatic carbocycles. The normalized spacial score (nSPS) is 15.6. The minimum Gasteiger partial charge on any atom is -0.368 e. The van der Waals surface area contributed by atoms with Crippen molar-refractivity contribution in [3.8, 4) is 0 Å². The number of anilines is 2. The van der Waals surface area contributed by atoms with Gasteiger partial charge in [0.1, 0.15) is 6.20 Å². The van der Waals surface area contributed by atoms with E-state index in [2.05, 4.69) is 15.3 Å². The quantitative estimate of drug-likeness (QED) is 0.608. The molecular weight excluding hydrogens is 222 g/mol. The van der Waals surface area contributed by atoms with Crippen LogP contribution in [0.15, 0.2) is 6.20 Å². The second-order valence-corrected chi connectivity index (χ2v) is 4.84. The molecule has 0 unspecified atom stereocenters. The monoisotopic (exact) mass is 237 g/mol. The van der Waals surface area contributed by atoms with Crippen LogP contribution in [-0.2, 0) is 0 Å². The van der Waals surface area contributed by atoms with Gasteiger partial charge in [0.25, 0.3) is 0 Å². The maximum atomic E-state index is 10.8. The maximum Gasteiger partial charge on any atom is 0.329 e. The standard InChI is InChI=1S/C10H15N5O2/c1-10(2,6-3-4-6)14-8-7(15(16)17)5-12-9(11)13-8/h5-6H,3-4H2,1-2H3,(H3,11,12,13,14). The molecule has 1 aliphatic rings. The lowest BCUT2D eigenvalue weighted by Crippen LogP contribution is -2.34. The van der Waals surface area contributed by atoms with E-state index in [1.165, 1.54) is 0 Å². The van der Waals surface area contributed by atoms with Crippen LogP contribution in [0.1, 0.15) is 26.7 Å². The summed E-state index contributed by atoms with van der Waals surface area (Å²) in [5.74, 6) is 0.752. The Morgan fingerprint density at radius 3 is 2.76 bits per heavy atom. The van der Waals surface area contributed by atoms with Crippen molar-refractivity contribution in [1.82, 2.24) is 9.97 Å². The van der Waals surface area contributed by atoms with Gasteiger partial charge in [-0.15, -0.1) is 0 Å². The van der Waals surface area contributed by atoms with E-state index >= 15 is 0 Å². The van der Waals surface area contributed by atoms with Crippen molar-refractivity contribution in [2.24, 2.45) is 5.92 Å². The molecule has 0 radical (unpaired) electrons. The van der Waals surface area contributed by atoms with Gasteiger partial charge in [0, 0.05) is 5.54 Å². The van der Waals surface area contributed by atoms with Gasteiger partial charge in [0.2, 0.25) is 11.8 Å². The Kier molecular flexibility index (Phi) is 2.60. The van der Waals surface area contributed by atoms with E-state index in [-0.39, 0.29) is 23.0 Å². The molecule has 7 heteroatoms. The number of nitrogens with zero attached hydrogens (tertiary/aromatic N) is 3. The van der Waals surface area contributed by atoms with E-state index in [0.29, 0.717) is 5.92 Å². The fraction of sp³-hybridized carbons (Fsp3) is 0.600. The van der Waals surface area contributed by atoms with Gasteiger partial charge >= 0.3 is 5.69 Å². The Hall–Kier alpha value is -1.92. The van der Waals surface area contributed by atoms with Crippen molar-refractivity contribution < 1.29 is 4.92 Å². The molecular formula is C10H15N5O2. The summed E-state index contributed by atoms with van der Waals surface area (Å²) in [6.45, 7) is 4.01. The van der Waals surface area contributed by atoms with Crippen LogP contribution in [0.3, 0.4) is 0 Å². The van der Waals surface area contributed by atoms with Gasteiger partial charge in [-0.1, -0.05) is 0 Å². The zero-order valence-corrected chi connectivity index (χ0v) is 9.80. The van der Waals surface area contributed by atoms with E-state index in [9.17, 15) is 10.1 Å². The Morgan fingerprint density at radius 2 is 2.24 bits per heavy atom. The van der Waals surface area contributed by atoms with Crippen molar-refractivity contribution in [2.75, 3.05) is 11.1 Å². The number of nitrogen functional groups attached to an aromatic ring is 1. The van der Waals surface area contributed by atoms with Crippen molar-refractivity contribution >= 4 is 17.5 Å². The molecule has 0 saturated heterocycles. The highest BCUT2D eigenvalue weighted by atomic mass is 16.6. The molecule has 17 heavy (non-hydrogen) atoms.